The van der Waals surface area contributed by atoms with Gasteiger partial charge in [-0.3, -0.25) is 4.79 Å². The predicted octanol–water partition coefficient (Wildman–Crippen LogP) is 2.42. The van der Waals surface area contributed by atoms with Crippen molar-refractivity contribution in [2.45, 2.75) is 6.04 Å². The molecule has 144 valence electrons. The molecule has 0 bridgehead atoms. The quantitative estimate of drug-likeness (QED) is 0.652. The summed E-state index contributed by atoms with van der Waals surface area (Å²) >= 11 is 0. The summed E-state index contributed by atoms with van der Waals surface area (Å²) in [7, 11) is 2.86. The van der Waals surface area contributed by atoms with Gasteiger partial charge in [0, 0.05) is 12.7 Å². The van der Waals surface area contributed by atoms with Crippen LogP contribution in [0.5, 0.6) is 11.5 Å². The molecule has 27 heavy (non-hydrogen) atoms. The van der Waals surface area contributed by atoms with Gasteiger partial charge < -0.3 is 24.6 Å². The lowest BCUT2D eigenvalue weighted by Gasteiger charge is -2.16. The largest absolute Gasteiger partial charge is 0.494 e. The number of halogens is 1. The van der Waals surface area contributed by atoms with Gasteiger partial charge >= 0.3 is 5.97 Å². The number of nitrogens with one attached hydrogen (secondary N) is 1. The van der Waals surface area contributed by atoms with Crippen LogP contribution in [0.3, 0.4) is 0 Å². The fraction of sp³-hybridized carbons (Fsp3) is 0.263. The summed E-state index contributed by atoms with van der Waals surface area (Å²) in [6.07, 6.45) is 0. The maximum atomic E-state index is 13.9. The molecule has 0 spiro atoms. The lowest BCUT2D eigenvalue weighted by molar-refractivity contribution is -0.139. The van der Waals surface area contributed by atoms with E-state index < -0.39 is 23.7 Å². The first kappa shape index (κ1) is 20.2. The monoisotopic (exact) mass is 377 g/mol. The number of carbonyl (C=O) groups excluding carboxylic acids is 1. The molecule has 0 heterocycles. The molecule has 7 nitrogen and oxygen atoms in total. The number of carbonyl (C=O) groups is 2. The van der Waals surface area contributed by atoms with Crippen molar-refractivity contribution < 1.29 is 33.3 Å². The molecule has 0 fully saturated rings. The molecule has 2 rings (SSSR count). The van der Waals surface area contributed by atoms with E-state index in [-0.39, 0.29) is 16.9 Å². The first-order chi connectivity index (χ1) is 13.0. The molecule has 1 amide bonds. The van der Waals surface area contributed by atoms with E-state index in [0.717, 1.165) is 6.07 Å². The van der Waals surface area contributed by atoms with Crippen molar-refractivity contribution in [2.24, 2.45) is 0 Å². The first-order valence-electron chi connectivity index (χ1n) is 8.05. The van der Waals surface area contributed by atoms with E-state index in [4.69, 9.17) is 14.2 Å². The average molecular weight is 377 g/mol. The van der Waals surface area contributed by atoms with Gasteiger partial charge in [0.05, 0.1) is 13.7 Å². The van der Waals surface area contributed by atoms with Gasteiger partial charge in [0.25, 0.3) is 5.91 Å². The second-order valence-corrected chi connectivity index (χ2v) is 5.50. The standard InChI is InChI=1S/C19H20FNO6/c1-25-9-10-27-14-6-3-12(4-7-14)18(22)21-17(19(23)24)13-5-8-16(26-2)15(20)11-13/h3-8,11,17H,9-10H2,1-2H3,(H,21,22)(H,23,24). The maximum Gasteiger partial charge on any atom is 0.330 e. The first-order valence-corrected chi connectivity index (χ1v) is 8.05. The van der Waals surface area contributed by atoms with Gasteiger partial charge in [0.2, 0.25) is 0 Å². The Kier molecular flexibility index (Phi) is 7.13. The summed E-state index contributed by atoms with van der Waals surface area (Å²) in [5, 5.41) is 11.8. The highest BCUT2D eigenvalue weighted by molar-refractivity contribution is 5.96. The third-order valence-electron chi connectivity index (χ3n) is 3.70. The van der Waals surface area contributed by atoms with Crippen molar-refractivity contribution in [2.75, 3.05) is 27.4 Å². The van der Waals surface area contributed by atoms with Crippen LogP contribution in [0, 0.1) is 5.82 Å². The number of hydrogen-bond donors (Lipinski definition) is 2. The highest BCUT2D eigenvalue weighted by Crippen LogP contribution is 2.23. The maximum absolute atomic E-state index is 13.9. The highest BCUT2D eigenvalue weighted by atomic mass is 19.1. The number of carboxylic acid groups (broad SMARTS) is 1. The van der Waals surface area contributed by atoms with Gasteiger partial charge in [-0.1, -0.05) is 6.07 Å². The Labute approximate surface area is 155 Å². The molecule has 0 aliphatic heterocycles. The zero-order valence-electron chi connectivity index (χ0n) is 14.9. The summed E-state index contributed by atoms with van der Waals surface area (Å²) in [4.78, 5) is 23.9. The lowest BCUT2D eigenvalue weighted by atomic mass is 10.1. The van der Waals surface area contributed by atoms with Crippen LogP contribution < -0.4 is 14.8 Å². The molecule has 0 saturated heterocycles. The molecule has 0 aliphatic rings. The van der Waals surface area contributed by atoms with Crippen molar-refractivity contribution >= 4 is 11.9 Å². The minimum absolute atomic E-state index is 0.0155. The number of methoxy groups -OCH3 is 2. The van der Waals surface area contributed by atoms with Gasteiger partial charge in [0.1, 0.15) is 12.4 Å². The SMILES string of the molecule is COCCOc1ccc(C(=O)NC(C(=O)O)c2ccc(OC)c(F)c2)cc1. The zero-order valence-corrected chi connectivity index (χ0v) is 14.9. The zero-order chi connectivity index (χ0) is 19.8. The molecule has 8 heteroatoms. The minimum Gasteiger partial charge on any atom is -0.494 e. The summed E-state index contributed by atoms with van der Waals surface area (Å²) < 4.78 is 28.9. The third-order valence-corrected chi connectivity index (χ3v) is 3.70. The second kappa shape index (κ2) is 9.54. The third kappa shape index (κ3) is 5.42. The van der Waals surface area contributed by atoms with Gasteiger partial charge in [-0.15, -0.1) is 0 Å². The second-order valence-electron chi connectivity index (χ2n) is 5.50. The Morgan fingerprint density at radius 2 is 1.81 bits per heavy atom. The predicted molar refractivity (Wildman–Crippen MR) is 94.6 cm³/mol. The summed E-state index contributed by atoms with van der Waals surface area (Å²) in [6, 6.07) is 8.49. The Morgan fingerprint density at radius 3 is 2.37 bits per heavy atom. The van der Waals surface area contributed by atoms with Crippen LogP contribution in [-0.2, 0) is 9.53 Å². The number of aliphatic carboxylic acids is 1. The van der Waals surface area contributed by atoms with E-state index in [9.17, 15) is 19.1 Å². The summed E-state index contributed by atoms with van der Waals surface area (Å²) in [5.74, 6) is -2.10. The number of benzene rings is 2. The van der Waals surface area contributed by atoms with Crippen LogP contribution in [0.2, 0.25) is 0 Å². The number of hydrogen-bond acceptors (Lipinski definition) is 5. The molecule has 1 atom stereocenters. The molecule has 2 aromatic carbocycles. The molecule has 2 N–H and O–H groups in total. The van der Waals surface area contributed by atoms with Gasteiger partial charge in [-0.05, 0) is 42.0 Å². The van der Waals surface area contributed by atoms with Crippen LogP contribution in [0.4, 0.5) is 4.39 Å². The van der Waals surface area contributed by atoms with E-state index in [1.54, 1.807) is 19.2 Å². The molecular weight excluding hydrogens is 357 g/mol. The molecule has 1 unspecified atom stereocenters. The van der Waals surface area contributed by atoms with Gasteiger partial charge in [0.15, 0.2) is 17.6 Å². The number of rotatable bonds is 9. The van der Waals surface area contributed by atoms with Crippen LogP contribution >= 0.6 is 0 Å². The van der Waals surface area contributed by atoms with Crippen molar-refractivity contribution in [1.82, 2.24) is 5.32 Å². The molecular formula is C19H20FNO6. The normalized spacial score (nSPS) is 11.5. The summed E-state index contributed by atoms with van der Waals surface area (Å²) in [6.45, 7) is 0.799. The van der Waals surface area contributed by atoms with Crippen LogP contribution in [0.15, 0.2) is 42.5 Å². The fourth-order valence-electron chi connectivity index (χ4n) is 2.31. The van der Waals surface area contributed by atoms with E-state index in [0.29, 0.717) is 19.0 Å². The van der Waals surface area contributed by atoms with Crippen LogP contribution in [0.1, 0.15) is 22.0 Å². The van der Waals surface area contributed by atoms with E-state index >= 15 is 0 Å². The van der Waals surface area contributed by atoms with Crippen molar-refractivity contribution in [1.29, 1.82) is 0 Å². The number of ether oxygens (including phenoxy) is 3. The summed E-state index contributed by atoms with van der Waals surface area (Å²) in [5.41, 5.74) is 0.336. The Balaban J connectivity index is 2.10. The Morgan fingerprint density at radius 1 is 1.11 bits per heavy atom. The fourth-order valence-corrected chi connectivity index (χ4v) is 2.31. The Bertz CT molecular complexity index is 793. The number of carboxylic acids is 1. The van der Waals surface area contributed by atoms with Gasteiger partial charge in [-0.25, -0.2) is 9.18 Å². The van der Waals surface area contributed by atoms with Gasteiger partial charge in [-0.2, -0.15) is 0 Å². The number of amides is 1. The van der Waals surface area contributed by atoms with Crippen molar-refractivity contribution in [3.63, 3.8) is 0 Å². The highest BCUT2D eigenvalue weighted by Gasteiger charge is 2.24. The van der Waals surface area contributed by atoms with E-state index in [1.165, 1.54) is 31.4 Å². The van der Waals surface area contributed by atoms with Crippen molar-refractivity contribution in [3.05, 3.63) is 59.4 Å². The molecule has 0 radical (unpaired) electrons. The van der Waals surface area contributed by atoms with E-state index in [2.05, 4.69) is 5.32 Å². The molecule has 0 saturated carbocycles. The van der Waals surface area contributed by atoms with Crippen molar-refractivity contribution in [3.8, 4) is 11.5 Å². The molecule has 0 aliphatic carbocycles. The van der Waals surface area contributed by atoms with E-state index in [1.807, 2.05) is 0 Å². The molecule has 0 aromatic heterocycles. The minimum atomic E-state index is -1.41. The van der Waals surface area contributed by atoms with Crippen LogP contribution in [0.25, 0.3) is 0 Å². The lowest BCUT2D eigenvalue weighted by Crippen LogP contribution is -2.33. The Hall–Kier alpha value is -3.13. The topological polar surface area (TPSA) is 94.1 Å². The smallest absolute Gasteiger partial charge is 0.330 e. The van der Waals surface area contributed by atoms with Crippen LogP contribution in [-0.4, -0.2) is 44.4 Å². The average Bonchev–Trinajstić information content (AvgIpc) is 2.66. The molecule has 2 aromatic rings.